The summed E-state index contributed by atoms with van der Waals surface area (Å²) in [5.41, 5.74) is 1.11. The van der Waals surface area contributed by atoms with Gasteiger partial charge in [0, 0.05) is 17.1 Å². The average Bonchev–Trinajstić information content (AvgIpc) is 3.40. The number of likely N-dealkylation sites (tertiary alicyclic amines) is 1. The minimum atomic E-state index is -0.692. The fourth-order valence-electron chi connectivity index (χ4n) is 4.52. The SMILES string of the molecule is COc1ccc(/C(O)=C2/C(=O)C(=O)N(C3CCCC3)C2c2ccc(Cl)cc2)c(OC)c1. The Labute approximate surface area is 186 Å². The Hall–Kier alpha value is -2.99. The molecule has 1 atom stereocenters. The molecule has 1 aliphatic carbocycles. The van der Waals surface area contributed by atoms with Crippen LogP contribution in [0.3, 0.4) is 0 Å². The third-order valence-corrected chi connectivity index (χ3v) is 6.30. The fourth-order valence-corrected chi connectivity index (χ4v) is 4.65. The highest BCUT2D eigenvalue weighted by Crippen LogP contribution is 2.44. The standard InChI is InChI=1S/C24H24ClNO5/c1-30-17-11-12-18(19(13-17)31-2)22(27)20-21(14-7-9-15(25)10-8-14)26(24(29)23(20)28)16-5-3-4-6-16/h7-13,16,21,27H,3-6H2,1-2H3/b22-20-. The van der Waals surface area contributed by atoms with Crippen molar-refractivity contribution in [2.45, 2.75) is 37.8 Å². The van der Waals surface area contributed by atoms with Crippen LogP contribution in [0.25, 0.3) is 5.76 Å². The molecule has 1 aliphatic heterocycles. The number of aliphatic hydroxyl groups excluding tert-OH is 1. The Kier molecular flexibility index (Phi) is 5.92. The molecule has 0 aromatic heterocycles. The summed E-state index contributed by atoms with van der Waals surface area (Å²) in [7, 11) is 3.00. The zero-order valence-corrected chi connectivity index (χ0v) is 18.2. The lowest BCUT2D eigenvalue weighted by Crippen LogP contribution is -2.37. The fraction of sp³-hybridized carbons (Fsp3) is 0.333. The first kappa shape index (κ1) is 21.2. The molecular weight excluding hydrogens is 418 g/mol. The zero-order valence-electron chi connectivity index (χ0n) is 17.4. The second-order valence-corrected chi connectivity index (χ2v) is 8.20. The summed E-state index contributed by atoms with van der Waals surface area (Å²) in [5, 5.41) is 11.8. The van der Waals surface area contributed by atoms with Crippen LogP contribution in [0.5, 0.6) is 11.5 Å². The molecule has 2 aliphatic rings. The molecule has 2 aromatic carbocycles. The van der Waals surface area contributed by atoms with E-state index in [0.29, 0.717) is 22.1 Å². The molecule has 2 fully saturated rings. The van der Waals surface area contributed by atoms with Gasteiger partial charge in [-0.15, -0.1) is 0 Å². The molecule has 0 bridgehead atoms. The van der Waals surface area contributed by atoms with Gasteiger partial charge >= 0.3 is 0 Å². The second kappa shape index (κ2) is 8.63. The number of carbonyl (C=O) groups is 2. The number of halogens is 1. The van der Waals surface area contributed by atoms with Gasteiger partial charge in [0.05, 0.1) is 31.4 Å². The van der Waals surface area contributed by atoms with Crippen molar-refractivity contribution in [2.75, 3.05) is 14.2 Å². The highest BCUT2D eigenvalue weighted by atomic mass is 35.5. The minimum Gasteiger partial charge on any atom is -0.507 e. The third kappa shape index (κ3) is 3.76. The van der Waals surface area contributed by atoms with E-state index >= 15 is 0 Å². The Morgan fingerprint density at radius 1 is 1.03 bits per heavy atom. The van der Waals surface area contributed by atoms with E-state index in [0.717, 1.165) is 31.2 Å². The number of ether oxygens (including phenoxy) is 2. The number of methoxy groups -OCH3 is 2. The number of hydrogen-bond donors (Lipinski definition) is 1. The van der Waals surface area contributed by atoms with Crippen LogP contribution < -0.4 is 9.47 Å². The van der Waals surface area contributed by atoms with E-state index in [2.05, 4.69) is 0 Å². The largest absolute Gasteiger partial charge is 0.507 e. The van der Waals surface area contributed by atoms with E-state index in [9.17, 15) is 14.7 Å². The van der Waals surface area contributed by atoms with E-state index < -0.39 is 17.7 Å². The van der Waals surface area contributed by atoms with Crippen LogP contribution in [0.15, 0.2) is 48.0 Å². The molecule has 0 spiro atoms. The number of Topliss-reactive ketones (excluding diaryl/α,β-unsaturated/α-hetero) is 1. The molecule has 6 nitrogen and oxygen atoms in total. The van der Waals surface area contributed by atoms with Crippen LogP contribution in [0.2, 0.25) is 5.02 Å². The molecule has 1 saturated carbocycles. The normalized spacial score (nSPS) is 21.0. The van der Waals surface area contributed by atoms with Gasteiger partial charge in [-0.2, -0.15) is 0 Å². The Bertz CT molecular complexity index is 1040. The minimum absolute atomic E-state index is 0.0415. The van der Waals surface area contributed by atoms with E-state index in [4.69, 9.17) is 21.1 Å². The summed E-state index contributed by atoms with van der Waals surface area (Å²) in [4.78, 5) is 27.9. The lowest BCUT2D eigenvalue weighted by molar-refractivity contribution is -0.141. The number of amides is 1. The highest BCUT2D eigenvalue weighted by molar-refractivity contribution is 6.46. The first-order chi connectivity index (χ1) is 15.0. The van der Waals surface area contributed by atoms with Crippen LogP contribution in [0.4, 0.5) is 0 Å². The van der Waals surface area contributed by atoms with Crippen molar-refractivity contribution in [1.82, 2.24) is 4.90 Å². The van der Waals surface area contributed by atoms with Crippen LogP contribution in [-0.2, 0) is 9.59 Å². The van der Waals surface area contributed by atoms with Gasteiger partial charge in [0.1, 0.15) is 17.3 Å². The molecule has 4 rings (SSSR count). The quantitative estimate of drug-likeness (QED) is 0.412. The second-order valence-electron chi connectivity index (χ2n) is 7.76. The van der Waals surface area contributed by atoms with Crippen LogP contribution in [0, 0.1) is 0 Å². The molecule has 1 amide bonds. The molecular formula is C24H24ClNO5. The number of hydrogen-bond acceptors (Lipinski definition) is 5. The number of nitrogens with zero attached hydrogens (tertiary/aromatic N) is 1. The van der Waals surface area contributed by atoms with Crippen LogP contribution in [-0.4, -0.2) is 42.0 Å². The van der Waals surface area contributed by atoms with Crippen LogP contribution in [0.1, 0.15) is 42.9 Å². The highest BCUT2D eigenvalue weighted by Gasteiger charge is 2.49. The van der Waals surface area contributed by atoms with Gasteiger partial charge in [0.15, 0.2) is 0 Å². The maximum atomic E-state index is 13.2. The molecule has 0 radical (unpaired) electrons. The number of rotatable bonds is 5. The number of aliphatic hydroxyl groups is 1. The summed E-state index contributed by atoms with van der Waals surface area (Å²) in [5.74, 6) is -0.644. The lowest BCUT2D eigenvalue weighted by Gasteiger charge is -2.30. The maximum absolute atomic E-state index is 13.2. The zero-order chi connectivity index (χ0) is 22.1. The van der Waals surface area contributed by atoms with Gasteiger partial charge in [-0.05, 0) is 42.7 Å². The van der Waals surface area contributed by atoms with Crippen molar-refractivity contribution in [2.24, 2.45) is 0 Å². The van der Waals surface area contributed by atoms with Crippen molar-refractivity contribution in [3.05, 3.63) is 64.2 Å². The van der Waals surface area contributed by atoms with Gasteiger partial charge in [0.2, 0.25) is 0 Å². The Morgan fingerprint density at radius 2 is 1.71 bits per heavy atom. The van der Waals surface area contributed by atoms with Crippen molar-refractivity contribution < 1.29 is 24.2 Å². The van der Waals surface area contributed by atoms with Crippen molar-refractivity contribution in [3.63, 3.8) is 0 Å². The number of carbonyl (C=O) groups excluding carboxylic acids is 2. The number of ketones is 1. The van der Waals surface area contributed by atoms with Gasteiger partial charge in [-0.3, -0.25) is 9.59 Å². The summed E-state index contributed by atoms with van der Waals surface area (Å²) < 4.78 is 10.6. The van der Waals surface area contributed by atoms with Crippen molar-refractivity contribution >= 4 is 29.1 Å². The third-order valence-electron chi connectivity index (χ3n) is 6.05. The maximum Gasteiger partial charge on any atom is 0.295 e. The summed E-state index contributed by atoms with van der Waals surface area (Å²) in [6.07, 6.45) is 3.69. The number of benzene rings is 2. The smallest absolute Gasteiger partial charge is 0.295 e. The Balaban J connectivity index is 1.90. The van der Waals surface area contributed by atoms with Crippen LogP contribution >= 0.6 is 11.6 Å². The average molecular weight is 442 g/mol. The molecule has 1 unspecified atom stereocenters. The first-order valence-electron chi connectivity index (χ1n) is 10.2. The summed E-state index contributed by atoms with van der Waals surface area (Å²) in [6, 6.07) is 11.2. The van der Waals surface area contributed by atoms with Crippen molar-refractivity contribution in [1.29, 1.82) is 0 Å². The lowest BCUT2D eigenvalue weighted by atomic mass is 9.94. The molecule has 1 N–H and O–H groups in total. The van der Waals surface area contributed by atoms with Gasteiger partial charge in [0.25, 0.3) is 11.7 Å². The van der Waals surface area contributed by atoms with Gasteiger partial charge in [-0.25, -0.2) is 0 Å². The summed E-state index contributed by atoms with van der Waals surface area (Å²) in [6.45, 7) is 0. The van der Waals surface area contributed by atoms with E-state index in [-0.39, 0.29) is 17.4 Å². The summed E-state index contributed by atoms with van der Waals surface area (Å²) >= 11 is 6.06. The molecule has 2 aromatic rings. The molecule has 1 heterocycles. The Morgan fingerprint density at radius 3 is 2.32 bits per heavy atom. The topological polar surface area (TPSA) is 76.1 Å². The first-order valence-corrected chi connectivity index (χ1v) is 10.6. The van der Waals surface area contributed by atoms with Crippen molar-refractivity contribution in [3.8, 4) is 11.5 Å². The van der Waals surface area contributed by atoms with Gasteiger partial charge < -0.3 is 19.5 Å². The van der Waals surface area contributed by atoms with E-state index in [1.165, 1.54) is 14.2 Å². The van der Waals surface area contributed by atoms with Gasteiger partial charge in [-0.1, -0.05) is 36.6 Å². The van der Waals surface area contributed by atoms with E-state index in [1.54, 1.807) is 47.4 Å². The molecule has 162 valence electrons. The monoisotopic (exact) mass is 441 g/mol. The molecule has 1 saturated heterocycles. The predicted molar refractivity (Wildman–Crippen MR) is 117 cm³/mol. The molecule has 7 heteroatoms. The molecule has 31 heavy (non-hydrogen) atoms. The van der Waals surface area contributed by atoms with E-state index in [1.807, 2.05) is 0 Å². The predicted octanol–water partition coefficient (Wildman–Crippen LogP) is 4.72.